The molecule has 23 heavy (non-hydrogen) atoms. The molecule has 0 unspecified atom stereocenters. The molecule has 0 saturated carbocycles. The molecule has 124 valence electrons. The third-order valence-electron chi connectivity index (χ3n) is 3.17. The summed E-state index contributed by atoms with van der Waals surface area (Å²) in [5.74, 6) is -0.582. The molecule has 0 atom stereocenters. The van der Waals surface area contributed by atoms with Crippen molar-refractivity contribution < 1.29 is 26.0 Å². The van der Waals surface area contributed by atoms with Crippen molar-refractivity contribution in [1.29, 1.82) is 0 Å². The Morgan fingerprint density at radius 3 is 1.91 bits per heavy atom. The first-order valence-electron chi connectivity index (χ1n) is 6.62. The Morgan fingerprint density at radius 2 is 1.48 bits per heavy atom. The lowest BCUT2D eigenvalue weighted by molar-refractivity contribution is -0.137. The van der Waals surface area contributed by atoms with Gasteiger partial charge in [0, 0.05) is 6.54 Å². The first-order chi connectivity index (χ1) is 10.7. The van der Waals surface area contributed by atoms with E-state index in [4.69, 9.17) is 0 Å². The second kappa shape index (κ2) is 6.19. The number of benzene rings is 2. The van der Waals surface area contributed by atoms with Crippen molar-refractivity contribution in [3.63, 3.8) is 0 Å². The summed E-state index contributed by atoms with van der Waals surface area (Å²) in [7, 11) is -3.98. The van der Waals surface area contributed by atoms with E-state index in [-0.39, 0.29) is 17.1 Å². The molecule has 0 saturated heterocycles. The SMILES string of the molecule is CCN(c1ccc(C(F)(F)F)cc1)S(=O)(=O)c1ccc(F)cc1. The summed E-state index contributed by atoms with van der Waals surface area (Å²) in [5.41, 5.74) is -0.763. The van der Waals surface area contributed by atoms with Crippen LogP contribution in [0.15, 0.2) is 53.4 Å². The van der Waals surface area contributed by atoms with Crippen molar-refractivity contribution in [2.75, 3.05) is 10.8 Å². The minimum atomic E-state index is -4.49. The van der Waals surface area contributed by atoms with Gasteiger partial charge < -0.3 is 0 Å². The average molecular weight is 347 g/mol. The predicted octanol–water partition coefficient (Wildman–Crippen LogP) is 4.06. The third-order valence-corrected chi connectivity index (χ3v) is 5.09. The Hall–Kier alpha value is -2.09. The molecule has 2 rings (SSSR count). The normalized spacial score (nSPS) is 12.2. The van der Waals surface area contributed by atoms with Gasteiger partial charge in [0.25, 0.3) is 10.0 Å². The summed E-state index contributed by atoms with van der Waals surface area (Å²) in [5, 5.41) is 0. The molecule has 0 heterocycles. The Morgan fingerprint density at radius 1 is 0.957 bits per heavy atom. The van der Waals surface area contributed by atoms with Crippen LogP contribution in [0.2, 0.25) is 0 Å². The molecule has 0 amide bonds. The van der Waals surface area contributed by atoms with Crippen LogP contribution < -0.4 is 4.31 Å². The lowest BCUT2D eigenvalue weighted by Gasteiger charge is -2.23. The lowest BCUT2D eigenvalue weighted by atomic mass is 10.2. The molecule has 0 aliphatic carbocycles. The molecule has 0 N–H and O–H groups in total. The third kappa shape index (κ3) is 3.64. The Balaban J connectivity index is 2.41. The summed E-state index contributed by atoms with van der Waals surface area (Å²) >= 11 is 0. The van der Waals surface area contributed by atoms with E-state index >= 15 is 0 Å². The fourth-order valence-corrected chi connectivity index (χ4v) is 3.52. The highest BCUT2D eigenvalue weighted by Crippen LogP contribution is 2.31. The van der Waals surface area contributed by atoms with Gasteiger partial charge in [-0.1, -0.05) is 0 Å². The van der Waals surface area contributed by atoms with E-state index in [9.17, 15) is 26.0 Å². The zero-order valence-corrected chi connectivity index (χ0v) is 12.8. The average Bonchev–Trinajstić information content (AvgIpc) is 2.48. The molecule has 3 nitrogen and oxygen atoms in total. The molecule has 2 aromatic rings. The van der Waals surface area contributed by atoms with Gasteiger partial charge in [-0.05, 0) is 55.5 Å². The fraction of sp³-hybridized carbons (Fsp3) is 0.200. The van der Waals surface area contributed by atoms with Crippen molar-refractivity contribution >= 4 is 15.7 Å². The second-order valence-corrected chi connectivity index (χ2v) is 6.53. The van der Waals surface area contributed by atoms with Crippen LogP contribution in [0.3, 0.4) is 0 Å². The molecule has 0 bridgehead atoms. The van der Waals surface area contributed by atoms with E-state index < -0.39 is 27.6 Å². The topological polar surface area (TPSA) is 37.4 Å². The molecule has 0 aromatic heterocycles. The standard InChI is InChI=1S/C15H13F4NO2S/c1-2-20(13-7-3-11(4-8-13)15(17,18)19)23(21,22)14-9-5-12(16)6-10-14/h3-10H,2H2,1H3. The molecule has 2 aromatic carbocycles. The van der Waals surface area contributed by atoms with Crippen LogP contribution >= 0.6 is 0 Å². The van der Waals surface area contributed by atoms with Crippen LogP contribution in [0.5, 0.6) is 0 Å². The Labute approximate surface area is 131 Å². The van der Waals surface area contributed by atoms with Gasteiger partial charge in [0.05, 0.1) is 16.1 Å². The number of rotatable bonds is 4. The van der Waals surface area contributed by atoms with Gasteiger partial charge in [-0.2, -0.15) is 13.2 Å². The summed E-state index contributed by atoms with van der Waals surface area (Å²) in [4.78, 5) is -0.138. The molecule has 0 aliphatic heterocycles. The summed E-state index contributed by atoms with van der Waals surface area (Å²) in [6.07, 6.45) is -4.49. The Bertz CT molecular complexity index is 769. The van der Waals surface area contributed by atoms with Crippen LogP contribution in [0.1, 0.15) is 12.5 Å². The molecular weight excluding hydrogens is 334 g/mol. The number of halogens is 4. The minimum Gasteiger partial charge on any atom is -0.267 e. The van der Waals surface area contributed by atoms with Crippen LogP contribution in [0.4, 0.5) is 23.2 Å². The van der Waals surface area contributed by atoms with E-state index in [0.29, 0.717) is 0 Å². The number of hydrogen-bond donors (Lipinski definition) is 0. The molecule has 8 heteroatoms. The smallest absolute Gasteiger partial charge is 0.267 e. The molecular formula is C15H13F4NO2S. The van der Waals surface area contributed by atoms with Gasteiger partial charge in [0.15, 0.2) is 0 Å². The van der Waals surface area contributed by atoms with E-state index in [2.05, 4.69) is 0 Å². The monoisotopic (exact) mass is 347 g/mol. The number of sulfonamides is 1. The number of alkyl halides is 3. The van der Waals surface area contributed by atoms with Gasteiger partial charge >= 0.3 is 6.18 Å². The zero-order chi connectivity index (χ0) is 17.3. The van der Waals surface area contributed by atoms with E-state index in [0.717, 1.165) is 52.8 Å². The highest BCUT2D eigenvalue weighted by molar-refractivity contribution is 7.92. The first-order valence-corrected chi connectivity index (χ1v) is 8.06. The van der Waals surface area contributed by atoms with Crippen molar-refractivity contribution in [2.24, 2.45) is 0 Å². The van der Waals surface area contributed by atoms with Gasteiger partial charge in [0.2, 0.25) is 0 Å². The minimum absolute atomic E-state index is 0.0189. The fourth-order valence-electron chi connectivity index (χ4n) is 2.04. The van der Waals surface area contributed by atoms with Crippen molar-refractivity contribution in [3.8, 4) is 0 Å². The molecule has 0 aliphatic rings. The number of anilines is 1. The number of nitrogens with zero attached hydrogens (tertiary/aromatic N) is 1. The maximum Gasteiger partial charge on any atom is 0.416 e. The summed E-state index contributed by atoms with van der Waals surface area (Å²) in [6.45, 7) is 1.57. The maximum absolute atomic E-state index is 12.9. The number of hydrogen-bond acceptors (Lipinski definition) is 2. The van der Waals surface area contributed by atoms with Crippen molar-refractivity contribution in [1.82, 2.24) is 0 Å². The molecule has 0 spiro atoms. The van der Waals surface area contributed by atoms with Crippen molar-refractivity contribution in [3.05, 3.63) is 59.9 Å². The highest BCUT2D eigenvalue weighted by atomic mass is 32.2. The largest absolute Gasteiger partial charge is 0.416 e. The molecule has 0 radical (unpaired) electrons. The van der Waals surface area contributed by atoms with Gasteiger partial charge in [-0.15, -0.1) is 0 Å². The highest BCUT2D eigenvalue weighted by Gasteiger charge is 2.31. The summed E-state index contributed by atoms with van der Waals surface area (Å²) in [6, 6.07) is 8.05. The van der Waals surface area contributed by atoms with E-state index in [1.54, 1.807) is 6.92 Å². The summed E-state index contributed by atoms with van der Waals surface area (Å²) < 4.78 is 76.7. The lowest BCUT2D eigenvalue weighted by Crippen LogP contribution is -2.30. The van der Waals surface area contributed by atoms with Crippen LogP contribution in [0.25, 0.3) is 0 Å². The molecule has 0 fully saturated rings. The maximum atomic E-state index is 12.9. The van der Waals surface area contributed by atoms with Gasteiger partial charge in [-0.3, -0.25) is 4.31 Å². The van der Waals surface area contributed by atoms with Crippen molar-refractivity contribution in [2.45, 2.75) is 18.0 Å². The Kier molecular flexibility index (Phi) is 4.65. The van der Waals surface area contributed by atoms with Gasteiger partial charge in [-0.25, -0.2) is 12.8 Å². The predicted molar refractivity (Wildman–Crippen MR) is 78.0 cm³/mol. The second-order valence-electron chi connectivity index (χ2n) is 4.67. The van der Waals surface area contributed by atoms with Crippen LogP contribution in [-0.2, 0) is 16.2 Å². The zero-order valence-electron chi connectivity index (χ0n) is 12.0. The van der Waals surface area contributed by atoms with E-state index in [1.165, 1.54) is 0 Å². The van der Waals surface area contributed by atoms with E-state index in [1.807, 2.05) is 0 Å². The quantitative estimate of drug-likeness (QED) is 0.782. The van der Waals surface area contributed by atoms with Crippen LogP contribution in [0, 0.1) is 5.82 Å². The van der Waals surface area contributed by atoms with Gasteiger partial charge in [0.1, 0.15) is 5.82 Å². The van der Waals surface area contributed by atoms with Crippen LogP contribution in [-0.4, -0.2) is 15.0 Å². The first kappa shape index (κ1) is 17.3.